The van der Waals surface area contributed by atoms with E-state index in [2.05, 4.69) is 28.1 Å². The molecule has 0 bridgehead atoms. The molecule has 1 atom stereocenters. The smallest absolute Gasteiger partial charge is 0.227 e. The van der Waals surface area contributed by atoms with Crippen molar-refractivity contribution in [2.75, 3.05) is 19.6 Å². The number of carbonyl (C=O) groups excluding carboxylic acids is 1. The third-order valence-electron chi connectivity index (χ3n) is 8.10. The number of halogens is 1. The van der Waals surface area contributed by atoms with Crippen molar-refractivity contribution in [2.24, 2.45) is 0 Å². The van der Waals surface area contributed by atoms with E-state index in [1.165, 1.54) is 0 Å². The van der Waals surface area contributed by atoms with Crippen LogP contribution in [0, 0.1) is 0 Å². The van der Waals surface area contributed by atoms with Crippen LogP contribution in [0.15, 0.2) is 109 Å². The fourth-order valence-corrected chi connectivity index (χ4v) is 5.97. The van der Waals surface area contributed by atoms with Gasteiger partial charge in [0.25, 0.3) is 0 Å². The lowest BCUT2D eigenvalue weighted by Gasteiger charge is -2.38. The molecular formula is C34H31ClN2O3. The Kier molecular flexibility index (Phi) is 7.53. The number of benzene rings is 2. The van der Waals surface area contributed by atoms with E-state index in [0.29, 0.717) is 29.3 Å². The van der Waals surface area contributed by atoms with Crippen LogP contribution in [-0.2, 0) is 5.60 Å². The van der Waals surface area contributed by atoms with Crippen LogP contribution in [0.25, 0.3) is 5.57 Å². The highest BCUT2D eigenvalue weighted by Gasteiger charge is 2.34. The zero-order chi connectivity index (χ0) is 27.5. The molecule has 1 unspecified atom stereocenters. The van der Waals surface area contributed by atoms with E-state index in [-0.39, 0.29) is 5.92 Å². The molecule has 1 aliphatic carbocycles. The van der Waals surface area contributed by atoms with Crippen molar-refractivity contribution in [3.8, 4) is 5.88 Å². The average Bonchev–Trinajstić information content (AvgIpc) is 3.15. The van der Waals surface area contributed by atoms with Crippen molar-refractivity contribution < 1.29 is 14.6 Å². The predicted octanol–water partition coefficient (Wildman–Crippen LogP) is 6.86. The Morgan fingerprint density at radius 3 is 2.67 bits per heavy atom. The quantitative estimate of drug-likeness (QED) is 0.340. The van der Waals surface area contributed by atoms with Gasteiger partial charge in [0.1, 0.15) is 12.0 Å². The first-order valence-corrected chi connectivity index (χ1v) is 14.1. The molecule has 1 N–H and O–H groups in total. The molecular weight excluding hydrogens is 520 g/mol. The fraction of sp³-hybridized carbons (Fsp3) is 0.235. The van der Waals surface area contributed by atoms with E-state index in [9.17, 15) is 9.90 Å². The molecule has 6 rings (SSSR count). The number of nitrogens with zero attached hydrogens (tertiary/aromatic N) is 2. The molecule has 0 amide bonds. The van der Waals surface area contributed by atoms with Crippen LogP contribution in [0.2, 0.25) is 5.02 Å². The SMILES string of the molecule is O=Cc1ccccc1C1C=CC=C2Oc3ncccc3C(=CCCN3CCC(O)(c4ccc(Cl)cc4)CC3)C=C21. The third kappa shape index (κ3) is 5.33. The standard InChI is InChI=1S/C34H31ClN2O3/c35-27-14-12-26(13-15-27)34(39)16-20-37(21-17-34)19-5-7-24-22-31-30(28-8-2-1-6-25(28)23-38)9-3-11-32(31)40-33-29(24)10-4-18-36-33/h1-4,6-15,18,22-23,30,39H,5,16-17,19-21H2. The van der Waals surface area contributed by atoms with Gasteiger partial charge in [0.2, 0.25) is 5.88 Å². The summed E-state index contributed by atoms with van der Waals surface area (Å²) in [4.78, 5) is 18.8. The Morgan fingerprint density at radius 1 is 1.07 bits per heavy atom. The molecule has 1 aromatic heterocycles. The Bertz CT molecular complexity index is 1530. The minimum Gasteiger partial charge on any atom is -0.438 e. The Labute approximate surface area is 239 Å². The number of aromatic nitrogens is 1. The van der Waals surface area contributed by atoms with Crippen molar-refractivity contribution in [1.82, 2.24) is 9.88 Å². The number of fused-ring (bicyclic) bond motifs is 2. The van der Waals surface area contributed by atoms with Crippen molar-refractivity contribution in [3.05, 3.63) is 136 Å². The number of hydrogen-bond acceptors (Lipinski definition) is 5. The van der Waals surface area contributed by atoms with E-state index in [1.54, 1.807) is 6.20 Å². The monoisotopic (exact) mass is 550 g/mol. The molecule has 3 aliphatic rings. The second kappa shape index (κ2) is 11.4. The molecule has 3 heterocycles. The molecule has 1 fully saturated rings. The lowest BCUT2D eigenvalue weighted by Crippen LogP contribution is -2.42. The van der Waals surface area contributed by atoms with Crippen LogP contribution < -0.4 is 4.74 Å². The summed E-state index contributed by atoms with van der Waals surface area (Å²) in [6.07, 6.45) is 15.4. The molecule has 0 radical (unpaired) electrons. The van der Waals surface area contributed by atoms with E-state index in [1.807, 2.05) is 72.8 Å². The van der Waals surface area contributed by atoms with Gasteiger partial charge in [0.15, 0.2) is 0 Å². The van der Waals surface area contributed by atoms with E-state index >= 15 is 0 Å². The predicted molar refractivity (Wildman–Crippen MR) is 158 cm³/mol. The van der Waals surface area contributed by atoms with Gasteiger partial charge in [-0.05, 0) is 72.4 Å². The second-order valence-electron chi connectivity index (χ2n) is 10.5. The number of aldehydes is 1. The minimum atomic E-state index is -0.808. The summed E-state index contributed by atoms with van der Waals surface area (Å²) in [5.41, 5.74) is 4.76. The highest BCUT2D eigenvalue weighted by Crippen LogP contribution is 2.42. The highest BCUT2D eigenvalue weighted by molar-refractivity contribution is 6.30. The van der Waals surface area contributed by atoms with Crippen LogP contribution >= 0.6 is 11.6 Å². The molecule has 2 aromatic carbocycles. The molecule has 202 valence electrons. The number of ether oxygens (including phenoxy) is 1. The number of piperidine rings is 1. The summed E-state index contributed by atoms with van der Waals surface area (Å²) in [5.74, 6) is 1.22. The van der Waals surface area contributed by atoms with Crippen molar-refractivity contribution >= 4 is 23.5 Å². The number of allylic oxidation sites excluding steroid dienone is 6. The number of aliphatic hydroxyl groups is 1. The van der Waals surface area contributed by atoms with Gasteiger partial charge >= 0.3 is 0 Å². The number of carbonyl (C=O) groups is 1. The van der Waals surface area contributed by atoms with Gasteiger partial charge in [0, 0.05) is 53.5 Å². The van der Waals surface area contributed by atoms with Crippen LogP contribution in [0.4, 0.5) is 0 Å². The van der Waals surface area contributed by atoms with E-state index in [0.717, 1.165) is 65.9 Å². The summed E-state index contributed by atoms with van der Waals surface area (Å²) in [6, 6.07) is 19.2. The van der Waals surface area contributed by atoms with Gasteiger partial charge in [0.05, 0.1) is 5.60 Å². The topological polar surface area (TPSA) is 62.7 Å². The maximum Gasteiger partial charge on any atom is 0.227 e. The van der Waals surface area contributed by atoms with Gasteiger partial charge < -0.3 is 14.7 Å². The Balaban J connectivity index is 1.23. The number of rotatable bonds is 6. The van der Waals surface area contributed by atoms with Gasteiger partial charge in [-0.3, -0.25) is 4.79 Å². The van der Waals surface area contributed by atoms with Crippen LogP contribution in [0.5, 0.6) is 5.88 Å². The molecule has 0 spiro atoms. The molecule has 1 saturated heterocycles. The van der Waals surface area contributed by atoms with Crippen LogP contribution in [0.3, 0.4) is 0 Å². The normalized spacial score (nSPS) is 20.9. The fourth-order valence-electron chi connectivity index (χ4n) is 5.84. The number of hydrogen-bond donors (Lipinski definition) is 1. The van der Waals surface area contributed by atoms with Crippen LogP contribution in [0.1, 0.15) is 52.2 Å². The zero-order valence-corrected chi connectivity index (χ0v) is 22.9. The van der Waals surface area contributed by atoms with Crippen molar-refractivity contribution in [3.63, 3.8) is 0 Å². The Hall–Kier alpha value is -3.77. The molecule has 3 aromatic rings. The lowest BCUT2D eigenvalue weighted by atomic mass is 9.83. The second-order valence-corrected chi connectivity index (χ2v) is 11.0. The Morgan fingerprint density at radius 2 is 1.88 bits per heavy atom. The molecule has 0 saturated carbocycles. The molecule has 5 nitrogen and oxygen atoms in total. The van der Waals surface area contributed by atoms with Crippen molar-refractivity contribution in [1.29, 1.82) is 0 Å². The number of likely N-dealkylation sites (tertiary alicyclic amines) is 1. The molecule has 2 aliphatic heterocycles. The van der Waals surface area contributed by atoms with Gasteiger partial charge in [-0.1, -0.05) is 66.2 Å². The van der Waals surface area contributed by atoms with Gasteiger partial charge in [-0.25, -0.2) is 4.98 Å². The molecule has 40 heavy (non-hydrogen) atoms. The summed E-state index contributed by atoms with van der Waals surface area (Å²) < 4.78 is 6.34. The molecule has 6 heteroatoms. The maximum atomic E-state index is 11.8. The summed E-state index contributed by atoms with van der Waals surface area (Å²) in [5, 5.41) is 11.9. The summed E-state index contributed by atoms with van der Waals surface area (Å²) in [7, 11) is 0. The average molecular weight is 551 g/mol. The van der Waals surface area contributed by atoms with E-state index in [4.69, 9.17) is 16.3 Å². The third-order valence-corrected chi connectivity index (χ3v) is 8.35. The van der Waals surface area contributed by atoms with Gasteiger partial charge in [-0.15, -0.1) is 0 Å². The van der Waals surface area contributed by atoms with E-state index < -0.39 is 5.60 Å². The largest absolute Gasteiger partial charge is 0.438 e. The lowest BCUT2D eigenvalue weighted by molar-refractivity contribution is -0.0254. The summed E-state index contributed by atoms with van der Waals surface area (Å²) >= 11 is 6.04. The van der Waals surface area contributed by atoms with Gasteiger partial charge in [-0.2, -0.15) is 0 Å². The highest BCUT2D eigenvalue weighted by atomic mass is 35.5. The first kappa shape index (κ1) is 26.5. The first-order chi connectivity index (χ1) is 19.5. The minimum absolute atomic E-state index is 0.105. The first-order valence-electron chi connectivity index (χ1n) is 13.7. The van der Waals surface area contributed by atoms with Crippen molar-refractivity contribution in [2.45, 2.75) is 30.8 Å². The summed E-state index contributed by atoms with van der Waals surface area (Å²) in [6.45, 7) is 2.54. The van der Waals surface area contributed by atoms with Crippen LogP contribution in [-0.4, -0.2) is 40.9 Å². The zero-order valence-electron chi connectivity index (χ0n) is 22.2. The maximum absolute atomic E-state index is 11.8. The number of pyridine rings is 1.